The van der Waals surface area contributed by atoms with Crippen molar-refractivity contribution in [2.75, 3.05) is 24.8 Å². The van der Waals surface area contributed by atoms with Gasteiger partial charge in [-0.15, -0.1) is 11.8 Å². The zero-order valence-corrected chi connectivity index (χ0v) is 16.7. The predicted octanol–water partition coefficient (Wildman–Crippen LogP) is 2.19. The van der Waals surface area contributed by atoms with Crippen molar-refractivity contribution in [3.05, 3.63) is 47.9 Å². The molecule has 2 heterocycles. The number of hydrogen-bond acceptors (Lipinski definition) is 7. The maximum absolute atomic E-state index is 14.5. The third-order valence-electron chi connectivity index (χ3n) is 4.25. The van der Waals surface area contributed by atoms with Crippen LogP contribution in [0.3, 0.4) is 0 Å². The van der Waals surface area contributed by atoms with E-state index in [-0.39, 0.29) is 17.9 Å². The lowest BCUT2D eigenvalue weighted by atomic mass is 10.2. The minimum atomic E-state index is -1.12. The van der Waals surface area contributed by atoms with Gasteiger partial charge in [-0.05, 0) is 36.6 Å². The number of aliphatic hydroxyl groups is 2. The van der Waals surface area contributed by atoms with Crippen LogP contribution in [0.25, 0.3) is 11.0 Å². The normalized spacial score (nSPS) is 12.2. The van der Waals surface area contributed by atoms with Gasteiger partial charge in [0.15, 0.2) is 0 Å². The summed E-state index contributed by atoms with van der Waals surface area (Å²) in [5.74, 6) is -0.723. The van der Waals surface area contributed by atoms with Crippen LogP contribution in [0.4, 0.5) is 15.9 Å². The molecule has 3 rings (SSSR count). The molecular formula is C19H21FN4O4S. The summed E-state index contributed by atoms with van der Waals surface area (Å²) < 4.78 is 16.1. The van der Waals surface area contributed by atoms with Gasteiger partial charge >= 0.3 is 0 Å². The van der Waals surface area contributed by atoms with E-state index in [1.54, 1.807) is 42.1 Å². The number of nitrogens with zero attached hydrogens (tertiary/aromatic N) is 2. The lowest BCUT2D eigenvalue weighted by molar-refractivity contribution is -0.0294. The lowest BCUT2D eigenvalue weighted by Crippen LogP contribution is -2.30. The molecule has 0 radical (unpaired) electrons. The van der Waals surface area contributed by atoms with Gasteiger partial charge in [0.2, 0.25) is 0 Å². The number of hydrogen-bond donors (Lipinski definition) is 4. The Morgan fingerprint density at radius 3 is 2.90 bits per heavy atom. The Bertz CT molecular complexity index is 1030. The summed E-state index contributed by atoms with van der Waals surface area (Å²) in [4.78, 5) is 22.8. The number of aliphatic hydroxyl groups excluding tert-OH is 2. The van der Waals surface area contributed by atoms with Crippen molar-refractivity contribution in [3.8, 4) is 0 Å². The summed E-state index contributed by atoms with van der Waals surface area (Å²) in [5.41, 5.74) is 3.18. The van der Waals surface area contributed by atoms with E-state index < -0.39 is 24.4 Å². The van der Waals surface area contributed by atoms with Crippen LogP contribution in [0.2, 0.25) is 0 Å². The second-order valence-electron chi connectivity index (χ2n) is 6.21. The van der Waals surface area contributed by atoms with Crippen LogP contribution in [0, 0.1) is 5.82 Å². The molecule has 1 atom stereocenters. The zero-order valence-electron chi connectivity index (χ0n) is 15.8. The number of anilines is 2. The van der Waals surface area contributed by atoms with E-state index in [9.17, 15) is 14.3 Å². The molecular weight excluding hydrogens is 399 g/mol. The first-order chi connectivity index (χ1) is 14.0. The Hall–Kier alpha value is -2.66. The van der Waals surface area contributed by atoms with Gasteiger partial charge < -0.3 is 20.1 Å². The number of hydroxylamine groups is 1. The summed E-state index contributed by atoms with van der Waals surface area (Å²) in [6, 6.07) is 8.19. The maximum Gasteiger partial charge on any atom is 0.279 e. The van der Waals surface area contributed by atoms with Gasteiger partial charge in [0.1, 0.15) is 30.0 Å². The average Bonchev–Trinajstić information content (AvgIpc) is 3.01. The van der Waals surface area contributed by atoms with Crippen molar-refractivity contribution in [2.24, 2.45) is 7.05 Å². The zero-order chi connectivity index (χ0) is 21.0. The Morgan fingerprint density at radius 1 is 1.41 bits per heavy atom. The number of aryl methyl sites for hydroxylation is 1. The second kappa shape index (κ2) is 9.23. The monoisotopic (exact) mass is 420 g/mol. The highest BCUT2D eigenvalue weighted by Gasteiger charge is 2.23. The van der Waals surface area contributed by atoms with Crippen LogP contribution >= 0.6 is 11.8 Å². The molecule has 0 spiro atoms. The van der Waals surface area contributed by atoms with Gasteiger partial charge in [-0.25, -0.2) is 14.9 Å². The van der Waals surface area contributed by atoms with Gasteiger partial charge in [0, 0.05) is 23.5 Å². The van der Waals surface area contributed by atoms with Crippen LogP contribution in [0.5, 0.6) is 0 Å². The molecule has 29 heavy (non-hydrogen) atoms. The largest absolute Gasteiger partial charge is 0.394 e. The number of carbonyl (C=O) groups is 1. The Kier molecular flexibility index (Phi) is 6.70. The number of fused-ring (bicyclic) bond motifs is 1. The van der Waals surface area contributed by atoms with E-state index in [2.05, 4.69) is 15.8 Å². The van der Waals surface area contributed by atoms with Crippen molar-refractivity contribution >= 4 is 40.2 Å². The third kappa shape index (κ3) is 4.51. The molecule has 1 amide bonds. The number of pyridine rings is 1. The molecule has 0 aliphatic heterocycles. The molecule has 3 aromatic rings. The maximum atomic E-state index is 14.5. The van der Waals surface area contributed by atoms with Gasteiger partial charge in [0.05, 0.1) is 17.9 Å². The number of halogens is 1. The summed E-state index contributed by atoms with van der Waals surface area (Å²) in [6.07, 6.45) is 2.33. The molecule has 10 heteroatoms. The van der Waals surface area contributed by atoms with Crippen molar-refractivity contribution in [1.29, 1.82) is 0 Å². The number of carbonyl (C=O) groups excluding carboxylic acids is 1. The number of amides is 1. The molecule has 1 aromatic carbocycles. The Morgan fingerprint density at radius 2 is 2.21 bits per heavy atom. The number of rotatable bonds is 8. The van der Waals surface area contributed by atoms with Gasteiger partial charge in [-0.3, -0.25) is 9.63 Å². The van der Waals surface area contributed by atoms with Crippen LogP contribution in [-0.4, -0.2) is 51.2 Å². The first-order valence-corrected chi connectivity index (χ1v) is 9.93. The molecule has 1 unspecified atom stereocenters. The molecule has 0 saturated heterocycles. The predicted molar refractivity (Wildman–Crippen MR) is 109 cm³/mol. The fourth-order valence-electron chi connectivity index (χ4n) is 2.80. The fraction of sp³-hybridized carbons (Fsp3) is 0.263. The van der Waals surface area contributed by atoms with Crippen molar-refractivity contribution < 1.29 is 24.2 Å². The minimum Gasteiger partial charge on any atom is -0.394 e. The second-order valence-corrected chi connectivity index (χ2v) is 7.09. The molecule has 0 aliphatic carbocycles. The molecule has 0 aliphatic rings. The number of aromatic nitrogens is 2. The lowest BCUT2D eigenvalue weighted by Gasteiger charge is -2.13. The summed E-state index contributed by atoms with van der Waals surface area (Å²) in [6.45, 7) is -0.773. The molecule has 8 nitrogen and oxygen atoms in total. The third-order valence-corrected chi connectivity index (χ3v) is 4.98. The molecule has 2 aromatic heterocycles. The highest BCUT2D eigenvalue weighted by Crippen LogP contribution is 2.32. The van der Waals surface area contributed by atoms with Crippen LogP contribution in [-0.2, 0) is 11.9 Å². The van der Waals surface area contributed by atoms with Gasteiger partial charge in [-0.2, -0.15) is 0 Å². The molecule has 154 valence electrons. The smallest absolute Gasteiger partial charge is 0.279 e. The van der Waals surface area contributed by atoms with Crippen LogP contribution in [0.15, 0.2) is 41.4 Å². The summed E-state index contributed by atoms with van der Waals surface area (Å²) in [5, 5.41) is 21.7. The first-order valence-electron chi connectivity index (χ1n) is 8.71. The van der Waals surface area contributed by atoms with E-state index in [1.807, 2.05) is 6.26 Å². The minimum absolute atomic E-state index is 0.208. The van der Waals surface area contributed by atoms with Crippen LogP contribution < -0.4 is 10.8 Å². The molecule has 0 bridgehead atoms. The molecule has 0 saturated carbocycles. The number of thioether (sulfide) groups is 1. The van der Waals surface area contributed by atoms with E-state index in [0.717, 1.165) is 4.90 Å². The Balaban J connectivity index is 1.97. The highest BCUT2D eigenvalue weighted by atomic mass is 32.2. The topological polar surface area (TPSA) is 109 Å². The van der Waals surface area contributed by atoms with Crippen LogP contribution in [0.1, 0.15) is 10.4 Å². The summed E-state index contributed by atoms with van der Waals surface area (Å²) in [7, 11) is 1.71. The molecule has 0 fully saturated rings. The number of nitrogens with one attached hydrogen (secondary N) is 2. The first kappa shape index (κ1) is 21.1. The van der Waals surface area contributed by atoms with E-state index in [1.165, 1.54) is 17.8 Å². The molecule has 4 N–H and O–H groups in total. The van der Waals surface area contributed by atoms with E-state index >= 15 is 0 Å². The van der Waals surface area contributed by atoms with Gasteiger partial charge in [0.25, 0.3) is 5.91 Å². The SMILES string of the molecule is CSc1ccc(Nc2c(C(=O)NOCC(O)CO)c3cccnc3n2C)c(F)c1. The van der Waals surface area contributed by atoms with Crippen molar-refractivity contribution in [1.82, 2.24) is 15.0 Å². The Labute approximate surface area is 170 Å². The van der Waals surface area contributed by atoms with Gasteiger partial charge in [-0.1, -0.05) is 0 Å². The number of benzene rings is 1. The highest BCUT2D eigenvalue weighted by molar-refractivity contribution is 7.98. The summed E-state index contributed by atoms with van der Waals surface area (Å²) >= 11 is 1.42. The quantitative estimate of drug-likeness (QED) is 0.327. The van der Waals surface area contributed by atoms with E-state index in [4.69, 9.17) is 9.94 Å². The van der Waals surface area contributed by atoms with Crippen molar-refractivity contribution in [2.45, 2.75) is 11.0 Å². The fourth-order valence-corrected chi connectivity index (χ4v) is 3.22. The average molecular weight is 420 g/mol. The van der Waals surface area contributed by atoms with E-state index in [0.29, 0.717) is 16.9 Å². The van der Waals surface area contributed by atoms with Crippen molar-refractivity contribution in [3.63, 3.8) is 0 Å². The standard InChI is InChI=1S/C19H21FN4O4S/c1-24-17-13(4-3-7-21-17)16(19(27)23-28-10-11(26)9-25)18(24)22-15-6-5-12(29-2)8-14(15)20/h3-8,11,22,25-26H,9-10H2,1-2H3,(H,23,27).